The topological polar surface area (TPSA) is 136 Å². The maximum Gasteiger partial charge on any atom is 0.257 e. The zero-order valence-corrected chi connectivity index (χ0v) is 31.0. The molecule has 5 heterocycles. The molecule has 0 bridgehead atoms. The minimum absolute atomic E-state index is 0.00758. The lowest BCUT2D eigenvalue weighted by Gasteiger charge is -2.31. The van der Waals surface area contributed by atoms with Gasteiger partial charge in [-0.2, -0.15) is 15.1 Å². The molecule has 1 unspecified atom stereocenters. The maximum absolute atomic E-state index is 13.1. The van der Waals surface area contributed by atoms with Crippen LogP contribution in [0.1, 0.15) is 88.2 Å². The van der Waals surface area contributed by atoms with E-state index in [2.05, 4.69) is 32.3 Å². The minimum atomic E-state index is -0.311. The number of carbonyl (C=O) groups excluding carboxylic acids is 2. The SMILES string of the molecule is CCc1ccccc1C(=O)N1CCCC(c2nc(-c3ccc(F)cc3)no2)C1.Cc1c(C(=O)N2CCC[C@H](c3nc(-c4ccc(F)cc4)no3)C2)cnn1C. The predicted octanol–water partition coefficient (Wildman–Crippen LogP) is 7.40. The van der Waals surface area contributed by atoms with Gasteiger partial charge >= 0.3 is 0 Å². The highest BCUT2D eigenvalue weighted by molar-refractivity contribution is 5.96. The summed E-state index contributed by atoms with van der Waals surface area (Å²) in [5.41, 5.74) is 4.70. The van der Waals surface area contributed by atoms with Crippen molar-refractivity contribution < 1.29 is 27.4 Å². The molecular formula is C41H42F2N8O4. The van der Waals surface area contributed by atoms with Crippen LogP contribution in [-0.2, 0) is 13.5 Å². The number of benzene rings is 3. The second kappa shape index (κ2) is 16.5. The van der Waals surface area contributed by atoms with Gasteiger partial charge in [0.25, 0.3) is 11.8 Å². The Morgan fingerprint density at radius 2 is 1.22 bits per heavy atom. The number of aryl methyl sites for hydroxylation is 2. The Kier molecular flexibility index (Phi) is 11.2. The van der Waals surface area contributed by atoms with Gasteiger partial charge in [0.1, 0.15) is 11.6 Å². The number of nitrogens with zero attached hydrogens (tertiary/aromatic N) is 8. The zero-order valence-electron chi connectivity index (χ0n) is 31.0. The van der Waals surface area contributed by atoms with E-state index in [4.69, 9.17) is 9.05 Å². The van der Waals surface area contributed by atoms with Gasteiger partial charge in [0.2, 0.25) is 23.4 Å². The lowest BCUT2D eigenvalue weighted by atomic mass is 9.96. The van der Waals surface area contributed by atoms with Gasteiger partial charge in [-0.25, -0.2) is 8.78 Å². The van der Waals surface area contributed by atoms with Gasteiger partial charge in [-0.3, -0.25) is 14.3 Å². The highest BCUT2D eigenvalue weighted by atomic mass is 19.1. The normalized spacial score (nSPS) is 17.1. The van der Waals surface area contributed by atoms with Crippen LogP contribution in [0.15, 0.2) is 88.0 Å². The molecule has 14 heteroatoms. The molecule has 0 spiro atoms. The van der Waals surface area contributed by atoms with Crippen molar-refractivity contribution in [2.45, 2.75) is 57.8 Å². The standard InChI is InChI=1S/C22H22FN3O2.C19H20FN5O2/c1-2-15-6-3-4-8-19(15)22(27)26-13-5-7-17(14-26)21-24-20(25-28-21)16-9-11-18(23)12-10-16;1-12-16(10-21-24(12)2)19(26)25-9-3-4-14(11-25)18-22-17(23-27-18)13-5-7-15(20)8-6-13/h3-4,6,8-12,17H,2,5,7,13-14H2,1H3;5-8,10,14H,3-4,9,11H2,1-2H3/t;14-/m.0/s1. The number of halogens is 2. The molecule has 3 aromatic carbocycles. The van der Waals surface area contributed by atoms with Gasteiger partial charge < -0.3 is 18.8 Å². The van der Waals surface area contributed by atoms with E-state index in [0.717, 1.165) is 55.5 Å². The Labute approximate surface area is 317 Å². The molecule has 2 aliphatic rings. The summed E-state index contributed by atoms with van der Waals surface area (Å²) in [5, 5.41) is 12.2. The molecule has 12 nitrogen and oxygen atoms in total. The van der Waals surface area contributed by atoms with E-state index in [1.807, 2.05) is 48.0 Å². The summed E-state index contributed by atoms with van der Waals surface area (Å²) in [6.07, 6.45) is 5.96. The van der Waals surface area contributed by atoms with E-state index in [1.165, 1.54) is 24.3 Å². The zero-order chi connectivity index (χ0) is 38.5. The van der Waals surface area contributed by atoms with Gasteiger partial charge in [0.05, 0.1) is 23.6 Å². The van der Waals surface area contributed by atoms with Crippen LogP contribution in [-0.4, -0.2) is 77.9 Å². The molecule has 2 fully saturated rings. The molecule has 284 valence electrons. The van der Waals surface area contributed by atoms with Gasteiger partial charge in [-0.1, -0.05) is 35.4 Å². The summed E-state index contributed by atoms with van der Waals surface area (Å²) in [6.45, 7) is 6.45. The van der Waals surface area contributed by atoms with Crippen LogP contribution in [0, 0.1) is 18.6 Å². The van der Waals surface area contributed by atoms with Crippen LogP contribution in [0.3, 0.4) is 0 Å². The Hall–Kier alpha value is -6.05. The van der Waals surface area contributed by atoms with Crippen molar-refractivity contribution in [3.8, 4) is 22.8 Å². The minimum Gasteiger partial charge on any atom is -0.339 e. The predicted molar refractivity (Wildman–Crippen MR) is 199 cm³/mol. The molecule has 2 atom stereocenters. The lowest BCUT2D eigenvalue weighted by molar-refractivity contribution is 0.0687. The summed E-state index contributed by atoms with van der Waals surface area (Å²) in [5.74, 6) is 1.32. The van der Waals surface area contributed by atoms with Gasteiger partial charge in [0, 0.05) is 55.6 Å². The van der Waals surface area contributed by atoms with E-state index in [-0.39, 0.29) is 35.3 Å². The third-order valence-corrected chi connectivity index (χ3v) is 10.3. The summed E-state index contributed by atoms with van der Waals surface area (Å²) >= 11 is 0. The second-order valence-corrected chi connectivity index (χ2v) is 13.9. The van der Waals surface area contributed by atoms with Gasteiger partial charge in [0.15, 0.2) is 0 Å². The number of piperidine rings is 2. The van der Waals surface area contributed by atoms with Crippen LogP contribution in [0.2, 0.25) is 0 Å². The first-order valence-corrected chi connectivity index (χ1v) is 18.5. The van der Waals surface area contributed by atoms with Crippen LogP contribution in [0.4, 0.5) is 8.78 Å². The lowest BCUT2D eigenvalue weighted by Crippen LogP contribution is -2.39. The quantitative estimate of drug-likeness (QED) is 0.164. The molecule has 0 N–H and O–H groups in total. The van der Waals surface area contributed by atoms with Gasteiger partial charge in [-0.05, 0) is 99.2 Å². The average molecular weight is 749 g/mol. The Morgan fingerprint density at radius 3 is 1.69 bits per heavy atom. The molecule has 55 heavy (non-hydrogen) atoms. The molecule has 6 aromatic rings. The van der Waals surface area contributed by atoms with Crippen LogP contribution in [0.25, 0.3) is 22.8 Å². The molecule has 3 aromatic heterocycles. The van der Waals surface area contributed by atoms with Crippen LogP contribution >= 0.6 is 0 Å². The molecule has 0 aliphatic carbocycles. The third kappa shape index (κ3) is 8.37. The fourth-order valence-electron chi connectivity index (χ4n) is 7.05. The fourth-order valence-corrected chi connectivity index (χ4v) is 7.05. The first-order valence-electron chi connectivity index (χ1n) is 18.5. The summed E-state index contributed by atoms with van der Waals surface area (Å²) < 4.78 is 38.8. The smallest absolute Gasteiger partial charge is 0.257 e. The van der Waals surface area contributed by atoms with Crippen molar-refractivity contribution in [2.24, 2.45) is 7.05 Å². The van der Waals surface area contributed by atoms with E-state index >= 15 is 0 Å². The van der Waals surface area contributed by atoms with Crippen molar-refractivity contribution >= 4 is 11.8 Å². The number of likely N-dealkylation sites (tertiary alicyclic amines) is 2. The number of amides is 2. The Balaban J connectivity index is 0.000000169. The highest BCUT2D eigenvalue weighted by Gasteiger charge is 2.31. The second-order valence-electron chi connectivity index (χ2n) is 13.9. The first-order chi connectivity index (χ1) is 26.7. The maximum atomic E-state index is 13.1. The monoisotopic (exact) mass is 748 g/mol. The van der Waals surface area contributed by atoms with E-state index < -0.39 is 0 Å². The molecule has 0 radical (unpaired) electrons. The summed E-state index contributed by atoms with van der Waals surface area (Å²) in [7, 11) is 1.82. The molecule has 2 amide bonds. The summed E-state index contributed by atoms with van der Waals surface area (Å²) in [6, 6.07) is 19.7. The average Bonchev–Trinajstić information content (AvgIpc) is 4.00. The molecule has 8 rings (SSSR count). The number of carbonyl (C=O) groups is 2. The van der Waals surface area contributed by atoms with Crippen molar-refractivity contribution in [1.82, 2.24) is 39.9 Å². The number of aromatic nitrogens is 6. The molecule has 2 aliphatic heterocycles. The van der Waals surface area contributed by atoms with Crippen LogP contribution in [0.5, 0.6) is 0 Å². The Bertz CT molecular complexity index is 2250. The first kappa shape index (κ1) is 37.3. The highest BCUT2D eigenvalue weighted by Crippen LogP contribution is 2.30. The van der Waals surface area contributed by atoms with Crippen molar-refractivity contribution in [2.75, 3.05) is 26.2 Å². The third-order valence-electron chi connectivity index (χ3n) is 10.3. The van der Waals surface area contributed by atoms with E-state index in [9.17, 15) is 18.4 Å². The molecule has 2 saturated heterocycles. The molecule has 0 saturated carbocycles. The molecular weight excluding hydrogens is 706 g/mol. The van der Waals surface area contributed by atoms with Gasteiger partial charge in [-0.15, -0.1) is 0 Å². The Morgan fingerprint density at radius 1 is 0.727 bits per heavy atom. The number of hydrogen-bond acceptors (Lipinski definition) is 9. The fraction of sp³-hybridized carbons (Fsp3) is 0.341. The van der Waals surface area contributed by atoms with E-state index in [0.29, 0.717) is 59.8 Å². The van der Waals surface area contributed by atoms with Crippen molar-refractivity contribution in [3.05, 3.63) is 125 Å². The summed E-state index contributed by atoms with van der Waals surface area (Å²) in [4.78, 5) is 38.5. The number of hydrogen-bond donors (Lipinski definition) is 0. The van der Waals surface area contributed by atoms with Crippen molar-refractivity contribution in [1.29, 1.82) is 0 Å². The number of rotatable bonds is 7. The largest absolute Gasteiger partial charge is 0.339 e. The van der Waals surface area contributed by atoms with Crippen molar-refractivity contribution in [3.63, 3.8) is 0 Å². The van der Waals surface area contributed by atoms with E-state index in [1.54, 1.807) is 35.1 Å². The van der Waals surface area contributed by atoms with Crippen LogP contribution < -0.4 is 0 Å².